The van der Waals surface area contributed by atoms with Gasteiger partial charge in [-0.25, -0.2) is 13.0 Å². The third-order valence-electron chi connectivity index (χ3n) is 5.29. The number of ether oxygens (including phenoxy) is 1. The molecular formula is C21H19N3O4S. The van der Waals surface area contributed by atoms with Crippen molar-refractivity contribution in [2.75, 3.05) is 13.1 Å². The van der Waals surface area contributed by atoms with Crippen LogP contribution in [0.25, 0.3) is 21.8 Å². The van der Waals surface area contributed by atoms with E-state index in [0.717, 1.165) is 16.5 Å². The molecule has 0 aliphatic carbocycles. The maximum Gasteiger partial charge on any atom is 0.245 e. The predicted octanol–water partition coefficient (Wildman–Crippen LogP) is 3.61. The van der Waals surface area contributed by atoms with Crippen LogP contribution in [0.2, 0.25) is 0 Å². The lowest BCUT2D eigenvalue weighted by Gasteiger charge is -2.31. The molecule has 3 aromatic carbocycles. The summed E-state index contributed by atoms with van der Waals surface area (Å²) in [6, 6.07) is 19.0. The molecule has 4 aromatic rings. The number of benzene rings is 3. The maximum absolute atomic E-state index is 13.1. The molecular weight excluding hydrogens is 390 g/mol. The number of hydrogen-bond acceptors (Lipinski definition) is 6. The van der Waals surface area contributed by atoms with Crippen LogP contribution in [0.5, 0.6) is 5.75 Å². The molecule has 0 atom stereocenters. The van der Waals surface area contributed by atoms with Gasteiger partial charge in [0, 0.05) is 13.1 Å². The van der Waals surface area contributed by atoms with Gasteiger partial charge < -0.3 is 4.74 Å². The summed E-state index contributed by atoms with van der Waals surface area (Å²) in [4.78, 5) is 0.130. The fourth-order valence-corrected chi connectivity index (χ4v) is 5.36. The van der Waals surface area contributed by atoms with Gasteiger partial charge in [-0.2, -0.15) is 4.31 Å². The van der Waals surface area contributed by atoms with Gasteiger partial charge in [-0.3, -0.25) is 0 Å². The highest BCUT2D eigenvalue weighted by Crippen LogP contribution is 2.28. The van der Waals surface area contributed by atoms with Gasteiger partial charge in [0.05, 0.1) is 0 Å². The van der Waals surface area contributed by atoms with E-state index in [-0.39, 0.29) is 16.5 Å². The van der Waals surface area contributed by atoms with Crippen molar-refractivity contribution in [3.05, 3.63) is 60.7 Å². The van der Waals surface area contributed by atoms with Crippen LogP contribution in [-0.2, 0) is 10.0 Å². The second kappa shape index (κ2) is 7.13. The topological polar surface area (TPSA) is 85.5 Å². The van der Waals surface area contributed by atoms with E-state index < -0.39 is 10.0 Å². The minimum Gasteiger partial charge on any atom is -0.490 e. The number of sulfonamides is 1. The molecule has 1 aromatic heterocycles. The molecule has 0 bridgehead atoms. The van der Waals surface area contributed by atoms with Crippen LogP contribution in [0.3, 0.4) is 0 Å². The SMILES string of the molecule is O=S(=O)(c1cccc2nonc12)N1CCC(Oc2ccc3ccccc3c2)CC1. The molecule has 0 spiro atoms. The molecule has 1 aliphatic heterocycles. The van der Waals surface area contributed by atoms with Gasteiger partial charge in [-0.15, -0.1) is 0 Å². The van der Waals surface area contributed by atoms with Crippen molar-refractivity contribution < 1.29 is 17.8 Å². The molecule has 0 unspecified atom stereocenters. The van der Waals surface area contributed by atoms with Crippen LogP contribution in [0.1, 0.15) is 12.8 Å². The first-order valence-electron chi connectivity index (χ1n) is 9.48. The highest BCUT2D eigenvalue weighted by atomic mass is 32.2. The Hall–Kier alpha value is -2.97. The largest absolute Gasteiger partial charge is 0.490 e. The summed E-state index contributed by atoms with van der Waals surface area (Å²) in [7, 11) is -3.67. The van der Waals surface area contributed by atoms with Crippen LogP contribution in [0.4, 0.5) is 0 Å². The quantitative estimate of drug-likeness (QED) is 0.512. The molecule has 0 amide bonds. The van der Waals surface area contributed by atoms with Gasteiger partial charge in [0.25, 0.3) is 0 Å². The van der Waals surface area contributed by atoms with Gasteiger partial charge in [0.1, 0.15) is 22.3 Å². The summed E-state index contributed by atoms with van der Waals surface area (Å²) in [6.07, 6.45) is 1.23. The van der Waals surface area contributed by atoms with Gasteiger partial charge >= 0.3 is 0 Å². The van der Waals surface area contributed by atoms with Crippen LogP contribution >= 0.6 is 0 Å². The Morgan fingerprint density at radius 3 is 2.55 bits per heavy atom. The van der Waals surface area contributed by atoms with Crippen LogP contribution in [0.15, 0.2) is 70.2 Å². The first-order valence-corrected chi connectivity index (χ1v) is 10.9. The molecule has 0 N–H and O–H groups in total. The van der Waals surface area contributed by atoms with E-state index in [0.29, 0.717) is 31.4 Å². The lowest BCUT2D eigenvalue weighted by Crippen LogP contribution is -2.41. The first kappa shape index (κ1) is 18.1. The van der Waals surface area contributed by atoms with E-state index in [1.165, 1.54) is 4.31 Å². The van der Waals surface area contributed by atoms with Gasteiger partial charge in [0.15, 0.2) is 5.52 Å². The van der Waals surface area contributed by atoms with Crippen LogP contribution in [-0.4, -0.2) is 42.2 Å². The highest BCUT2D eigenvalue weighted by Gasteiger charge is 2.32. The lowest BCUT2D eigenvalue weighted by atomic mass is 10.1. The highest BCUT2D eigenvalue weighted by molar-refractivity contribution is 7.89. The van der Waals surface area contributed by atoms with Crippen molar-refractivity contribution >= 4 is 31.8 Å². The van der Waals surface area contributed by atoms with E-state index in [1.807, 2.05) is 30.3 Å². The Morgan fingerprint density at radius 2 is 1.72 bits per heavy atom. The van der Waals surface area contributed by atoms with Gasteiger partial charge in [-0.05, 0) is 58.2 Å². The number of nitrogens with zero attached hydrogens (tertiary/aromatic N) is 3. The van der Waals surface area contributed by atoms with Crippen LogP contribution in [0, 0.1) is 0 Å². The summed E-state index contributed by atoms with van der Waals surface area (Å²) in [5.74, 6) is 0.809. The monoisotopic (exact) mass is 409 g/mol. The van der Waals surface area contributed by atoms with E-state index in [9.17, 15) is 8.42 Å². The zero-order valence-electron chi connectivity index (χ0n) is 15.6. The van der Waals surface area contributed by atoms with Crippen molar-refractivity contribution in [3.63, 3.8) is 0 Å². The molecule has 5 rings (SSSR count). The molecule has 148 valence electrons. The van der Waals surface area contributed by atoms with Crippen LogP contribution < -0.4 is 4.74 Å². The third kappa shape index (κ3) is 3.34. The Morgan fingerprint density at radius 1 is 0.931 bits per heavy atom. The fourth-order valence-electron chi connectivity index (χ4n) is 3.75. The van der Waals surface area contributed by atoms with Gasteiger partial charge in [0.2, 0.25) is 10.0 Å². The van der Waals surface area contributed by atoms with Crippen molar-refractivity contribution in [1.29, 1.82) is 0 Å². The van der Waals surface area contributed by atoms with E-state index in [4.69, 9.17) is 9.37 Å². The first-order chi connectivity index (χ1) is 14.1. The van der Waals surface area contributed by atoms with Crippen molar-refractivity contribution in [3.8, 4) is 5.75 Å². The summed E-state index contributed by atoms with van der Waals surface area (Å²) < 4.78 is 38.5. The maximum atomic E-state index is 13.1. The van der Waals surface area contributed by atoms with E-state index in [2.05, 4.69) is 22.4 Å². The van der Waals surface area contributed by atoms with Crippen molar-refractivity contribution in [2.24, 2.45) is 0 Å². The van der Waals surface area contributed by atoms with E-state index >= 15 is 0 Å². The summed E-state index contributed by atoms with van der Waals surface area (Å²) in [6.45, 7) is 0.782. The minimum atomic E-state index is -3.67. The summed E-state index contributed by atoms with van der Waals surface area (Å²) >= 11 is 0. The molecule has 1 aliphatic rings. The second-order valence-electron chi connectivity index (χ2n) is 7.12. The zero-order chi connectivity index (χ0) is 19.8. The molecule has 1 saturated heterocycles. The molecule has 0 saturated carbocycles. The molecule has 7 nitrogen and oxygen atoms in total. The Kier molecular flexibility index (Phi) is 4.44. The molecule has 29 heavy (non-hydrogen) atoms. The molecule has 0 radical (unpaired) electrons. The summed E-state index contributed by atoms with van der Waals surface area (Å²) in [5.41, 5.74) is 0.697. The second-order valence-corrected chi connectivity index (χ2v) is 9.02. The fraction of sp³-hybridized carbons (Fsp3) is 0.238. The van der Waals surface area contributed by atoms with Gasteiger partial charge in [-0.1, -0.05) is 36.4 Å². The number of piperidine rings is 1. The predicted molar refractivity (Wildman–Crippen MR) is 108 cm³/mol. The number of aromatic nitrogens is 2. The third-order valence-corrected chi connectivity index (χ3v) is 7.22. The smallest absolute Gasteiger partial charge is 0.245 e. The van der Waals surface area contributed by atoms with Crippen molar-refractivity contribution in [2.45, 2.75) is 23.8 Å². The molecule has 2 heterocycles. The standard InChI is InChI=1S/C21H19N3O4S/c25-29(26,20-7-3-6-19-21(20)23-28-22-19)24-12-10-17(11-13-24)27-18-9-8-15-4-1-2-5-16(15)14-18/h1-9,14,17H,10-13H2. The van der Waals surface area contributed by atoms with Crippen molar-refractivity contribution in [1.82, 2.24) is 14.6 Å². The average Bonchev–Trinajstić information content (AvgIpc) is 3.23. The number of rotatable bonds is 4. The number of hydrogen-bond donors (Lipinski definition) is 0. The molecule has 1 fully saturated rings. The zero-order valence-corrected chi connectivity index (χ0v) is 16.4. The number of fused-ring (bicyclic) bond motifs is 2. The minimum absolute atomic E-state index is 0.0212. The average molecular weight is 409 g/mol. The molecule has 8 heteroatoms. The lowest BCUT2D eigenvalue weighted by molar-refractivity contribution is 0.135. The van der Waals surface area contributed by atoms with E-state index in [1.54, 1.807) is 18.2 Å². The Bertz CT molecular complexity index is 1280. The Balaban J connectivity index is 1.30. The normalized spacial score (nSPS) is 16.4. The Labute approximate surface area is 167 Å². The summed E-state index contributed by atoms with van der Waals surface area (Å²) in [5, 5.41) is 9.78.